The molecule has 0 aliphatic carbocycles. The molecule has 0 amide bonds. The summed E-state index contributed by atoms with van der Waals surface area (Å²) < 4.78 is 25.1. The maximum absolute atomic E-state index is 6.39. The molecule has 0 N–H and O–H groups in total. The molecular formula is C27H30O4S. The van der Waals surface area contributed by atoms with Gasteiger partial charge in [0, 0.05) is 0 Å². The fraction of sp³-hybridized carbons (Fsp3) is 0.333. The van der Waals surface area contributed by atoms with Crippen LogP contribution in [0.15, 0.2) is 91.0 Å². The molecule has 0 aromatic heterocycles. The molecule has 0 bridgehead atoms. The largest absolute Gasteiger partial charge is 0.374 e. The molecule has 1 aliphatic heterocycles. The second-order valence-electron chi connectivity index (χ2n) is 7.80. The predicted octanol–water partition coefficient (Wildman–Crippen LogP) is 5.46. The van der Waals surface area contributed by atoms with E-state index in [1.54, 1.807) is 11.8 Å². The van der Waals surface area contributed by atoms with Crippen molar-refractivity contribution in [2.45, 2.75) is 43.6 Å². The highest BCUT2D eigenvalue weighted by molar-refractivity contribution is 7.99. The quantitative estimate of drug-likeness (QED) is 0.388. The summed E-state index contributed by atoms with van der Waals surface area (Å²) in [5, 5.41) is 0. The van der Waals surface area contributed by atoms with Gasteiger partial charge >= 0.3 is 0 Å². The van der Waals surface area contributed by atoms with Crippen LogP contribution in [-0.4, -0.2) is 36.6 Å². The minimum Gasteiger partial charge on any atom is -0.374 e. The number of hydrogen-bond donors (Lipinski definition) is 0. The fourth-order valence-electron chi connectivity index (χ4n) is 3.79. The molecule has 1 aliphatic rings. The lowest BCUT2D eigenvalue weighted by atomic mass is 10.1. The average molecular weight is 451 g/mol. The molecule has 5 heteroatoms. The number of benzene rings is 3. The number of rotatable bonds is 11. The van der Waals surface area contributed by atoms with Crippen molar-refractivity contribution in [2.24, 2.45) is 0 Å². The molecule has 168 valence electrons. The third-order valence-electron chi connectivity index (χ3n) is 5.46. The van der Waals surface area contributed by atoms with E-state index in [-0.39, 0.29) is 23.7 Å². The normalized spacial score (nSPS) is 22.8. The van der Waals surface area contributed by atoms with Gasteiger partial charge in [0.2, 0.25) is 0 Å². The van der Waals surface area contributed by atoms with Crippen LogP contribution in [0, 0.1) is 0 Å². The van der Waals surface area contributed by atoms with Crippen molar-refractivity contribution in [1.82, 2.24) is 0 Å². The van der Waals surface area contributed by atoms with Gasteiger partial charge in [0.1, 0.15) is 23.7 Å². The molecule has 3 aromatic carbocycles. The monoisotopic (exact) mass is 450 g/mol. The lowest BCUT2D eigenvalue weighted by Crippen LogP contribution is -2.38. The Morgan fingerprint density at radius 3 is 1.62 bits per heavy atom. The third kappa shape index (κ3) is 6.44. The topological polar surface area (TPSA) is 36.9 Å². The number of hydrogen-bond acceptors (Lipinski definition) is 5. The highest BCUT2D eigenvalue weighted by atomic mass is 32.2. The first-order valence-corrected chi connectivity index (χ1v) is 12.2. The molecule has 4 atom stereocenters. The van der Waals surface area contributed by atoms with Gasteiger partial charge < -0.3 is 18.9 Å². The third-order valence-corrected chi connectivity index (χ3v) is 6.31. The first-order valence-electron chi connectivity index (χ1n) is 10.9. The highest BCUT2D eigenvalue weighted by Crippen LogP contribution is 2.33. The lowest BCUT2D eigenvalue weighted by molar-refractivity contribution is -0.0895. The second-order valence-corrected chi connectivity index (χ2v) is 8.74. The summed E-state index contributed by atoms with van der Waals surface area (Å²) in [6.07, 6.45) is 1.46. The Bertz CT molecular complexity index is 907. The molecule has 32 heavy (non-hydrogen) atoms. The minimum atomic E-state index is -0.216. The van der Waals surface area contributed by atoms with Crippen LogP contribution in [0.3, 0.4) is 0 Å². The lowest BCUT2D eigenvalue weighted by Gasteiger charge is -2.24. The van der Waals surface area contributed by atoms with Crippen LogP contribution < -0.4 is 0 Å². The average Bonchev–Trinajstić information content (AvgIpc) is 3.19. The van der Waals surface area contributed by atoms with Crippen LogP contribution in [0.25, 0.3) is 0 Å². The Balaban J connectivity index is 1.42. The Morgan fingerprint density at radius 2 is 1.12 bits per heavy atom. The van der Waals surface area contributed by atoms with E-state index in [1.165, 1.54) is 0 Å². The molecule has 3 aromatic rings. The standard InChI is InChI=1S/C27H30O4S/c1-32-27-26(30-19-23-15-9-4-10-16-23)25(29-18-22-13-7-3-8-14-22)24(31-27)20-28-17-21-11-5-2-6-12-21/h2-16,24-27H,17-20H2,1H3/t24-,25-,26-,27+/m1/s1. The Hall–Kier alpha value is -2.15. The summed E-state index contributed by atoms with van der Waals surface area (Å²) in [6.45, 7) is 2.03. The van der Waals surface area contributed by atoms with Gasteiger partial charge in [0.05, 0.1) is 26.4 Å². The van der Waals surface area contributed by atoms with Gasteiger partial charge in [-0.25, -0.2) is 0 Å². The summed E-state index contributed by atoms with van der Waals surface area (Å²) in [7, 11) is 0. The van der Waals surface area contributed by atoms with E-state index in [0.29, 0.717) is 26.4 Å². The summed E-state index contributed by atoms with van der Waals surface area (Å²) in [6, 6.07) is 30.6. The van der Waals surface area contributed by atoms with Crippen LogP contribution in [-0.2, 0) is 38.8 Å². The van der Waals surface area contributed by atoms with Gasteiger partial charge in [-0.05, 0) is 22.9 Å². The van der Waals surface area contributed by atoms with Crippen molar-refractivity contribution in [1.29, 1.82) is 0 Å². The van der Waals surface area contributed by atoms with E-state index in [0.717, 1.165) is 16.7 Å². The molecule has 0 spiro atoms. The van der Waals surface area contributed by atoms with Crippen LogP contribution in [0.4, 0.5) is 0 Å². The fourth-order valence-corrected chi connectivity index (χ4v) is 4.55. The maximum atomic E-state index is 6.39. The van der Waals surface area contributed by atoms with Crippen LogP contribution in [0.2, 0.25) is 0 Å². The van der Waals surface area contributed by atoms with Crippen molar-refractivity contribution in [3.63, 3.8) is 0 Å². The zero-order chi connectivity index (χ0) is 22.0. The van der Waals surface area contributed by atoms with Gasteiger partial charge in [-0.1, -0.05) is 91.0 Å². The Kier molecular flexibility index (Phi) is 8.77. The van der Waals surface area contributed by atoms with Gasteiger partial charge in [-0.15, -0.1) is 11.8 Å². The molecule has 4 nitrogen and oxygen atoms in total. The first-order chi connectivity index (χ1) is 15.8. The molecule has 0 radical (unpaired) electrons. The van der Waals surface area contributed by atoms with Crippen molar-refractivity contribution in [3.05, 3.63) is 108 Å². The van der Waals surface area contributed by atoms with Crippen LogP contribution >= 0.6 is 11.8 Å². The van der Waals surface area contributed by atoms with Gasteiger partial charge in [0.15, 0.2) is 0 Å². The summed E-state index contributed by atoms with van der Waals surface area (Å²) >= 11 is 1.65. The molecule has 1 heterocycles. The summed E-state index contributed by atoms with van der Waals surface area (Å²) in [5.74, 6) is 0. The molecule has 1 fully saturated rings. The van der Waals surface area contributed by atoms with Gasteiger partial charge in [-0.2, -0.15) is 0 Å². The molecular weight excluding hydrogens is 420 g/mol. The van der Waals surface area contributed by atoms with Crippen molar-refractivity contribution < 1.29 is 18.9 Å². The van der Waals surface area contributed by atoms with Gasteiger partial charge in [-0.3, -0.25) is 0 Å². The van der Waals surface area contributed by atoms with Gasteiger partial charge in [0.25, 0.3) is 0 Å². The zero-order valence-corrected chi connectivity index (χ0v) is 19.2. The summed E-state index contributed by atoms with van der Waals surface area (Å²) in [5.41, 5.74) is 3.30. The highest BCUT2D eigenvalue weighted by Gasteiger charge is 2.46. The zero-order valence-electron chi connectivity index (χ0n) is 18.3. The predicted molar refractivity (Wildman–Crippen MR) is 128 cm³/mol. The molecule has 1 saturated heterocycles. The first kappa shape index (κ1) is 23.0. The van der Waals surface area contributed by atoms with E-state index >= 15 is 0 Å². The number of ether oxygens (including phenoxy) is 4. The van der Waals surface area contributed by atoms with Crippen molar-refractivity contribution in [2.75, 3.05) is 12.9 Å². The van der Waals surface area contributed by atoms with E-state index in [1.807, 2.05) is 60.9 Å². The maximum Gasteiger partial charge on any atom is 0.132 e. The van der Waals surface area contributed by atoms with Crippen LogP contribution in [0.5, 0.6) is 0 Å². The molecule has 0 unspecified atom stereocenters. The molecule has 4 rings (SSSR count). The van der Waals surface area contributed by atoms with E-state index in [4.69, 9.17) is 18.9 Å². The Labute approximate surface area is 194 Å². The SMILES string of the molecule is CS[C@@H]1O[C@H](COCc2ccccc2)[C@@H](OCc2ccccc2)[C@H]1OCc1ccccc1. The Morgan fingerprint density at radius 1 is 0.656 bits per heavy atom. The second kappa shape index (κ2) is 12.2. The molecule has 0 saturated carbocycles. The van der Waals surface area contributed by atoms with E-state index in [2.05, 4.69) is 36.4 Å². The summed E-state index contributed by atoms with van der Waals surface area (Å²) in [4.78, 5) is 0. The van der Waals surface area contributed by atoms with E-state index in [9.17, 15) is 0 Å². The van der Waals surface area contributed by atoms with Crippen LogP contribution in [0.1, 0.15) is 16.7 Å². The number of thioether (sulfide) groups is 1. The minimum absolute atomic E-state index is 0.107. The smallest absolute Gasteiger partial charge is 0.132 e. The van der Waals surface area contributed by atoms with Crippen molar-refractivity contribution >= 4 is 11.8 Å². The van der Waals surface area contributed by atoms with E-state index < -0.39 is 0 Å². The van der Waals surface area contributed by atoms with Crippen molar-refractivity contribution in [3.8, 4) is 0 Å².